The summed E-state index contributed by atoms with van der Waals surface area (Å²) in [4.78, 5) is 17.8. The van der Waals surface area contributed by atoms with E-state index in [1.165, 1.54) is 25.1 Å². The number of nitrogens with one attached hydrogen (secondary N) is 2. The molecular formula is C28H30F4N4O6S. The molecule has 1 amide bonds. The molecule has 2 saturated carbocycles. The number of oxazole rings is 1. The van der Waals surface area contributed by atoms with Crippen LogP contribution in [-0.2, 0) is 10.0 Å². The van der Waals surface area contributed by atoms with Crippen LogP contribution in [0.2, 0.25) is 0 Å². The highest BCUT2D eigenvalue weighted by molar-refractivity contribution is 7.90. The lowest BCUT2D eigenvalue weighted by atomic mass is 10.1. The second kappa shape index (κ2) is 12.5. The number of carbonyl (C=O) groups is 1. The Morgan fingerprint density at radius 1 is 1.12 bits per heavy atom. The first-order chi connectivity index (χ1) is 20.4. The molecule has 43 heavy (non-hydrogen) atoms. The molecule has 0 radical (unpaired) electrons. The number of rotatable bonds is 14. The SMILES string of the molecule is C[C@H](N)c1oc(-c2ccc(OC(F)F)c(OCC3CC3)c2)nc1C(=O)N[C@@H](CNS(=O)(=O)C1CC1)c1ccc(F)cc1F. The highest BCUT2D eigenvalue weighted by atomic mass is 32.2. The van der Waals surface area contributed by atoms with Crippen molar-refractivity contribution in [3.8, 4) is 23.0 Å². The number of amides is 1. The van der Waals surface area contributed by atoms with Crippen molar-refractivity contribution in [3.05, 3.63) is 65.1 Å². The van der Waals surface area contributed by atoms with Gasteiger partial charge in [-0.05, 0) is 62.8 Å². The third kappa shape index (κ3) is 7.64. The zero-order valence-electron chi connectivity index (χ0n) is 23.0. The van der Waals surface area contributed by atoms with Gasteiger partial charge < -0.3 is 24.9 Å². The third-order valence-corrected chi connectivity index (χ3v) is 8.87. The van der Waals surface area contributed by atoms with E-state index in [0.717, 1.165) is 25.0 Å². The van der Waals surface area contributed by atoms with Crippen LogP contribution < -0.4 is 25.2 Å². The summed E-state index contributed by atoms with van der Waals surface area (Å²) in [5.41, 5.74) is 5.89. The van der Waals surface area contributed by atoms with Crippen LogP contribution in [0.4, 0.5) is 17.6 Å². The van der Waals surface area contributed by atoms with Gasteiger partial charge in [0.15, 0.2) is 23.0 Å². The molecule has 0 bridgehead atoms. The number of halogens is 4. The van der Waals surface area contributed by atoms with Gasteiger partial charge >= 0.3 is 6.61 Å². The molecule has 1 heterocycles. The molecule has 2 atom stereocenters. The minimum Gasteiger partial charge on any atom is -0.489 e. The van der Waals surface area contributed by atoms with E-state index >= 15 is 0 Å². The Morgan fingerprint density at radius 2 is 1.86 bits per heavy atom. The van der Waals surface area contributed by atoms with Crippen molar-refractivity contribution >= 4 is 15.9 Å². The predicted octanol–water partition coefficient (Wildman–Crippen LogP) is 4.58. The first kappa shape index (κ1) is 30.8. The minimum atomic E-state index is -3.71. The largest absolute Gasteiger partial charge is 0.489 e. The van der Waals surface area contributed by atoms with Gasteiger partial charge in [0.1, 0.15) is 11.6 Å². The standard InChI is InChI=1S/C28H30F4N4O6S/c1-14(33)25-24(36-27(42-25)16-4-9-22(41-28(31)32)23(10-16)40-13-15-2-3-15)26(37)35-21(12-34-43(38,39)18-6-7-18)19-8-5-17(29)11-20(19)30/h4-5,8-11,14-15,18,21,28,34H,2-3,6-7,12-13,33H2,1H3,(H,35,37)/t14-,21-/m0/s1. The summed E-state index contributed by atoms with van der Waals surface area (Å²) < 4.78 is 97.6. The van der Waals surface area contributed by atoms with Gasteiger partial charge in [0.05, 0.1) is 23.9 Å². The van der Waals surface area contributed by atoms with Crippen molar-refractivity contribution < 1.29 is 44.7 Å². The molecular weight excluding hydrogens is 596 g/mol. The Morgan fingerprint density at radius 3 is 2.49 bits per heavy atom. The molecule has 2 aliphatic carbocycles. The van der Waals surface area contributed by atoms with Crippen LogP contribution in [0.1, 0.15) is 66.5 Å². The van der Waals surface area contributed by atoms with Gasteiger partial charge in [-0.15, -0.1) is 0 Å². The number of aromatic nitrogens is 1. The fourth-order valence-electron chi connectivity index (χ4n) is 4.31. The van der Waals surface area contributed by atoms with E-state index in [-0.39, 0.29) is 40.0 Å². The molecule has 15 heteroatoms. The van der Waals surface area contributed by atoms with E-state index in [9.17, 15) is 30.8 Å². The Kier molecular flexibility index (Phi) is 8.94. The van der Waals surface area contributed by atoms with Crippen molar-refractivity contribution in [1.82, 2.24) is 15.0 Å². The Hall–Kier alpha value is -3.69. The molecule has 0 unspecified atom stereocenters. The van der Waals surface area contributed by atoms with Gasteiger partial charge in [-0.1, -0.05) is 6.07 Å². The van der Waals surface area contributed by atoms with Crippen molar-refractivity contribution in [3.63, 3.8) is 0 Å². The zero-order valence-corrected chi connectivity index (χ0v) is 23.8. The van der Waals surface area contributed by atoms with Gasteiger partial charge in [-0.25, -0.2) is 26.9 Å². The van der Waals surface area contributed by atoms with Crippen molar-refractivity contribution in [2.24, 2.45) is 11.7 Å². The number of sulfonamides is 1. The summed E-state index contributed by atoms with van der Waals surface area (Å²) in [6, 6.07) is 4.66. The number of alkyl halides is 2. The first-order valence-corrected chi connectivity index (χ1v) is 15.2. The monoisotopic (exact) mass is 626 g/mol. The summed E-state index contributed by atoms with van der Waals surface area (Å²) in [6.45, 7) is -1.66. The molecule has 0 saturated heterocycles. The van der Waals surface area contributed by atoms with Crippen LogP contribution in [0.25, 0.3) is 11.5 Å². The highest BCUT2D eigenvalue weighted by Crippen LogP contribution is 2.37. The van der Waals surface area contributed by atoms with E-state index in [2.05, 4.69) is 19.8 Å². The Labute approximate surface area is 245 Å². The number of ether oxygens (including phenoxy) is 2. The molecule has 232 valence electrons. The van der Waals surface area contributed by atoms with E-state index in [4.69, 9.17) is 14.9 Å². The predicted molar refractivity (Wildman–Crippen MR) is 146 cm³/mol. The maximum absolute atomic E-state index is 14.8. The quantitative estimate of drug-likeness (QED) is 0.221. The van der Waals surface area contributed by atoms with Crippen LogP contribution in [0.5, 0.6) is 11.5 Å². The lowest BCUT2D eigenvalue weighted by Crippen LogP contribution is -2.39. The van der Waals surface area contributed by atoms with Gasteiger partial charge in [0, 0.05) is 23.7 Å². The fourth-order valence-corrected chi connectivity index (χ4v) is 5.70. The van der Waals surface area contributed by atoms with E-state index in [1.807, 2.05) is 0 Å². The van der Waals surface area contributed by atoms with Gasteiger partial charge in [0.25, 0.3) is 5.91 Å². The molecule has 0 spiro atoms. The number of nitrogens with two attached hydrogens (primary N) is 1. The van der Waals surface area contributed by atoms with E-state index in [0.29, 0.717) is 31.4 Å². The number of nitrogens with zero attached hydrogens (tertiary/aromatic N) is 1. The summed E-state index contributed by atoms with van der Waals surface area (Å²) in [5.74, 6) is -2.68. The lowest BCUT2D eigenvalue weighted by molar-refractivity contribution is -0.0515. The molecule has 2 aromatic carbocycles. The van der Waals surface area contributed by atoms with Crippen molar-refractivity contribution in [1.29, 1.82) is 0 Å². The van der Waals surface area contributed by atoms with Crippen LogP contribution in [0.15, 0.2) is 40.8 Å². The lowest BCUT2D eigenvalue weighted by Gasteiger charge is -2.20. The smallest absolute Gasteiger partial charge is 0.387 e. The second-order valence-corrected chi connectivity index (χ2v) is 12.6. The summed E-state index contributed by atoms with van der Waals surface area (Å²) in [6.07, 6.45) is 2.90. The van der Waals surface area contributed by atoms with Crippen molar-refractivity contribution in [2.45, 2.75) is 56.6 Å². The number of hydrogen-bond acceptors (Lipinski definition) is 8. The minimum absolute atomic E-state index is 0.0334. The molecule has 1 aromatic heterocycles. The van der Waals surface area contributed by atoms with E-state index in [1.54, 1.807) is 0 Å². The molecule has 2 aliphatic rings. The Balaban J connectivity index is 1.43. The first-order valence-electron chi connectivity index (χ1n) is 13.6. The van der Waals surface area contributed by atoms with Gasteiger partial charge in [-0.2, -0.15) is 8.78 Å². The van der Waals surface area contributed by atoms with E-state index < -0.39 is 58.1 Å². The topological polar surface area (TPSA) is 146 Å². The number of carbonyl (C=O) groups excluding carboxylic acids is 1. The van der Waals surface area contributed by atoms with Gasteiger partial charge in [-0.3, -0.25) is 4.79 Å². The van der Waals surface area contributed by atoms with Crippen molar-refractivity contribution in [2.75, 3.05) is 13.2 Å². The fraction of sp³-hybridized carbons (Fsp3) is 0.429. The zero-order chi connectivity index (χ0) is 30.9. The highest BCUT2D eigenvalue weighted by Gasteiger charge is 2.36. The normalized spacial score (nSPS) is 16.6. The summed E-state index contributed by atoms with van der Waals surface area (Å²) >= 11 is 0. The number of hydrogen-bond donors (Lipinski definition) is 3. The van der Waals surface area contributed by atoms with Crippen LogP contribution in [0, 0.1) is 17.6 Å². The average Bonchev–Trinajstić information content (AvgIpc) is 3.88. The van der Waals surface area contributed by atoms with Crippen LogP contribution in [0.3, 0.4) is 0 Å². The average molecular weight is 627 g/mol. The molecule has 3 aromatic rings. The second-order valence-electron chi connectivity index (χ2n) is 10.6. The summed E-state index contributed by atoms with van der Waals surface area (Å²) in [7, 11) is -3.71. The maximum Gasteiger partial charge on any atom is 0.387 e. The van der Waals surface area contributed by atoms with Crippen LogP contribution in [-0.4, -0.2) is 44.3 Å². The molecule has 0 aliphatic heterocycles. The maximum atomic E-state index is 14.8. The molecule has 4 N–H and O–H groups in total. The molecule has 2 fully saturated rings. The van der Waals surface area contributed by atoms with Gasteiger partial charge in [0.2, 0.25) is 15.9 Å². The van der Waals surface area contributed by atoms with Crippen LogP contribution >= 0.6 is 0 Å². The third-order valence-electron chi connectivity index (χ3n) is 6.96. The molecule has 10 nitrogen and oxygen atoms in total. The molecule has 5 rings (SSSR count). The number of benzene rings is 2. The Bertz CT molecular complexity index is 1590. The summed E-state index contributed by atoms with van der Waals surface area (Å²) in [5, 5.41) is 1.98.